The van der Waals surface area contributed by atoms with E-state index in [1.165, 1.54) is 11.8 Å². The van der Waals surface area contributed by atoms with E-state index in [4.69, 9.17) is 0 Å². The Morgan fingerprint density at radius 2 is 1.65 bits per heavy atom. The molecule has 8 heteroatoms. The number of carbonyl (C=O) groups excluding carboxylic acids is 1. The summed E-state index contributed by atoms with van der Waals surface area (Å²) in [5, 5.41) is 13.4. The largest absolute Gasteiger partial charge is 0.272 e. The molecule has 4 rings (SSSR count). The number of nitrogens with zero attached hydrogens (tertiary/aromatic N) is 4. The Labute approximate surface area is 192 Å². The van der Waals surface area contributed by atoms with Crippen molar-refractivity contribution < 1.29 is 4.79 Å². The summed E-state index contributed by atoms with van der Waals surface area (Å²) < 4.78 is 2.94. The van der Waals surface area contributed by atoms with Crippen molar-refractivity contribution in [3.05, 3.63) is 95.0 Å². The van der Waals surface area contributed by atoms with Crippen LogP contribution >= 0.6 is 27.7 Å². The number of rotatable bonds is 7. The van der Waals surface area contributed by atoms with Crippen LogP contribution < -0.4 is 5.43 Å². The van der Waals surface area contributed by atoms with Crippen LogP contribution in [0, 0.1) is 0 Å². The topological polar surface area (TPSA) is 72.2 Å². The monoisotopic (exact) mass is 491 g/mol. The number of hydrogen-bond acceptors (Lipinski definition) is 5. The van der Waals surface area contributed by atoms with Gasteiger partial charge < -0.3 is 0 Å². The molecule has 0 saturated heterocycles. The van der Waals surface area contributed by atoms with Crippen LogP contribution in [0.5, 0.6) is 0 Å². The second kappa shape index (κ2) is 10.2. The molecule has 0 atom stereocenters. The van der Waals surface area contributed by atoms with Gasteiger partial charge in [0.05, 0.1) is 12.0 Å². The maximum atomic E-state index is 12.3. The van der Waals surface area contributed by atoms with Gasteiger partial charge >= 0.3 is 0 Å². The quantitative estimate of drug-likeness (QED) is 0.225. The van der Waals surface area contributed by atoms with Gasteiger partial charge in [-0.2, -0.15) is 5.10 Å². The van der Waals surface area contributed by atoms with Crippen molar-refractivity contribution in [2.24, 2.45) is 5.10 Å². The Kier molecular flexibility index (Phi) is 6.91. The van der Waals surface area contributed by atoms with Crippen molar-refractivity contribution in [3.8, 4) is 17.1 Å². The number of benzene rings is 3. The number of hydrazone groups is 1. The SMILES string of the molecule is O=C(CSc1nnc(-c2ccc(Br)cc2)n1-c1ccccc1)N/N=C/c1ccccc1. The summed E-state index contributed by atoms with van der Waals surface area (Å²) in [7, 11) is 0. The maximum Gasteiger partial charge on any atom is 0.250 e. The fraction of sp³-hybridized carbons (Fsp3) is 0.0435. The predicted molar refractivity (Wildman–Crippen MR) is 127 cm³/mol. The first-order chi connectivity index (χ1) is 15.2. The van der Waals surface area contributed by atoms with E-state index in [0.717, 1.165) is 21.3 Å². The van der Waals surface area contributed by atoms with Gasteiger partial charge in [0.1, 0.15) is 0 Å². The van der Waals surface area contributed by atoms with Gasteiger partial charge in [-0.3, -0.25) is 9.36 Å². The van der Waals surface area contributed by atoms with Gasteiger partial charge in [0, 0.05) is 15.7 Å². The minimum Gasteiger partial charge on any atom is -0.272 e. The van der Waals surface area contributed by atoms with Crippen LogP contribution in [0.3, 0.4) is 0 Å². The summed E-state index contributed by atoms with van der Waals surface area (Å²) in [6.45, 7) is 0. The van der Waals surface area contributed by atoms with Crippen LogP contribution in [0.1, 0.15) is 5.56 Å². The van der Waals surface area contributed by atoms with E-state index in [9.17, 15) is 4.79 Å². The second-order valence-electron chi connectivity index (χ2n) is 6.48. The molecular weight excluding hydrogens is 474 g/mol. The first-order valence-electron chi connectivity index (χ1n) is 9.47. The lowest BCUT2D eigenvalue weighted by atomic mass is 10.2. The zero-order chi connectivity index (χ0) is 21.5. The molecule has 0 saturated carbocycles. The van der Waals surface area contributed by atoms with Gasteiger partial charge in [0.2, 0.25) is 0 Å². The molecule has 0 aliphatic carbocycles. The fourth-order valence-corrected chi connectivity index (χ4v) is 3.85. The third-order valence-corrected chi connectivity index (χ3v) is 5.74. The highest BCUT2D eigenvalue weighted by Gasteiger charge is 2.17. The summed E-state index contributed by atoms with van der Waals surface area (Å²) in [5.41, 5.74) is 5.33. The minimum absolute atomic E-state index is 0.164. The number of aromatic nitrogens is 3. The summed E-state index contributed by atoms with van der Waals surface area (Å²) in [6, 6.07) is 27.3. The van der Waals surface area contributed by atoms with Gasteiger partial charge in [0.15, 0.2) is 11.0 Å². The molecule has 1 amide bonds. The number of thioether (sulfide) groups is 1. The Bertz CT molecular complexity index is 1180. The number of hydrogen-bond donors (Lipinski definition) is 1. The van der Waals surface area contributed by atoms with Crippen LogP contribution in [0.2, 0.25) is 0 Å². The van der Waals surface area contributed by atoms with Gasteiger partial charge in [-0.1, -0.05) is 88.4 Å². The molecule has 3 aromatic carbocycles. The van der Waals surface area contributed by atoms with Crippen LogP contribution in [-0.2, 0) is 4.79 Å². The molecule has 0 aliphatic heterocycles. The van der Waals surface area contributed by atoms with Crippen molar-refractivity contribution in [2.75, 3.05) is 5.75 Å². The molecule has 0 aliphatic rings. The smallest absolute Gasteiger partial charge is 0.250 e. The van der Waals surface area contributed by atoms with Crippen molar-refractivity contribution in [1.82, 2.24) is 20.2 Å². The first kappa shape index (κ1) is 21.0. The van der Waals surface area contributed by atoms with E-state index in [1.807, 2.05) is 89.5 Å². The highest BCUT2D eigenvalue weighted by Crippen LogP contribution is 2.28. The molecule has 1 N–H and O–H groups in total. The van der Waals surface area contributed by atoms with E-state index in [-0.39, 0.29) is 11.7 Å². The van der Waals surface area contributed by atoms with Gasteiger partial charge in [-0.25, -0.2) is 5.43 Å². The number of amides is 1. The zero-order valence-corrected chi connectivity index (χ0v) is 18.8. The Morgan fingerprint density at radius 3 is 2.35 bits per heavy atom. The van der Waals surface area contributed by atoms with Crippen LogP contribution in [-0.4, -0.2) is 32.6 Å². The molecule has 0 radical (unpaired) electrons. The lowest BCUT2D eigenvalue weighted by Gasteiger charge is -2.10. The molecule has 1 heterocycles. The summed E-state index contributed by atoms with van der Waals surface area (Å²) in [5.74, 6) is 0.658. The van der Waals surface area contributed by atoms with Crippen molar-refractivity contribution >= 4 is 39.8 Å². The summed E-state index contributed by atoms with van der Waals surface area (Å²) in [6.07, 6.45) is 1.61. The normalized spacial score (nSPS) is 11.0. The molecule has 0 fully saturated rings. The molecule has 0 bridgehead atoms. The van der Waals surface area contributed by atoms with Crippen molar-refractivity contribution in [3.63, 3.8) is 0 Å². The molecular formula is C23H18BrN5OS. The molecule has 0 unspecified atom stereocenters. The minimum atomic E-state index is -0.218. The van der Waals surface area contributed by atoms with E-state index in [2.05, 4.69) is 36.7 Å². The van der Waals surface area contributed by atoms with Crippen molar-refractivity contribution in [1.29, 1.82) is 0 Å². The highest BCUT2D eigenvalue weighted by molar-refractivity contribution is 9.10. The number of halogens is 1. The Morgan fingerprint density at radius 1 is 0.968 bits per heavy atom. The third-order valence-electron chi connectivity index (χ3n) is 4.28. The molecule has 154 valence electrons. The molecule has 0 spiro atoms. The van der Waals surface area contributed by atoms with Crippen LogP contribution in [0.15, 0.2) is 99.7 Å². The fourth-order valence-electron chi connectivity index (χ4n) is 2.84. The average molecular weight is 492 g/mol. The van der Waals surface area contributed by atoms with Crippen LogP contribution in [0.4, 0.5) is 0 Å². The maximum absolute atomic E-state index is 12.3. The summed E-state index contributed by atoms with van der Waals surface area (Å²) >= 11 is 4.77. The van der Waals surface area contributed by atoms with E-state index in [1.54, 1.807) is 6.21 Å². The molecule has 31 heavy (non-hydrogen) atoms. The summed E-state index contributed by atoms with van der Waals surface area (Å²) in [4.78, 5) is 12.3. The van der Waals surface area contributed by atoms with Gasteiger partial charge in [0.25, 0.3) is 5.91 Å². The molecule has 4 aromatic rings. The van der Waals surface area contributed by atoms with E-state index >= 15 is 0 Å². The van der Waals surface area contributed by atoms with E-state index < -0.39 is 0 Å². The lowest BCUT2D eigenvalue weighted by molar-refractivity contribution is -0.118. The average Bonchev–Trinajstić information content (AvgIpc) is 3.23. The highest BCUT2D eigenvalue weighted by atomic mass is 79.9. The Hall–Kier alpha value is -3.23. The molecule has 1 aromatic heterocycles. The van der Waals surface area contributed by atoms with Crippen molar-refractivity contribution in [2.45, 2.75) is 5.16 Å². The number of carbonyl (C=O) groups is 1. The lowest BCUT2D eigenvalue weighted by Crippen LogP contribution is -2.20. The van der Waals surface area contributed by atoms with E-state index in [0.29, 0.717) is 11.0 Å². The Balaban J connectivity index is 1.51. The second-order valence-corrected chi connectivity index (χ2v) is 8.33. The van der Waals surface area contributed by atoms with Gasteiger partial charge in [-0.15, -0.1) is 10.2 Å². The first-order valence-corrected chi connectivity index (χ1v) is 11.2. The number of para-hydroxylation sites is 1. The standard InChI is InChI=1S/C23H18BrN5OS/c24-19-13-11-18(12-14-19)22-27-28-23(29(22)20-9-5-2-6-10-20)31-16-21(30)26-25-15-17-7-3-1-4-8-17/h1-15H,16H2,(H,26,30)/b25-15+. The van der Waals surface area contributed by atoms with Crippen LogP contribution in [0.25, 0.3) is 17.1 Å². The zero-order valence-electron chi connectivity index (χ0n) is 16.4. The number of nitrogens with one attached hydrogen (secondary N) is 1. The third kappa shape index (κ3) is 5.48. The predicted octanol–water partition coefficient (Wildman–Crippen LogP) is 4.94. The molecule has 6 nitrogen and oxygen atoms in total. The van der Waals surface area contributed by atoms with Gasteiger partial charge in [-0.05, 0) is 29.8 Å².